The molecule has 0 saturated heterocycles. The van der Waals surface area contributed by atoms with Gasteiger partial charge < -0.3 is 21.1 Å². The van der Waals surface area contributed by atoms with Gasteiger partial charge in [0.25, 0.3) is 11.8 Å². The van der Waals surface area contributed by atoms with Gasteiger partial charge in [-0.3, -0.25) is 9.59 Å². The van der Waals surface area contributed by atoms with Crippen LogP contribution in [0.5, 0.6) is 5.75 Å². The lowest BCUT2D eigenvalue weighted by Gasteiger charge is -2.16. The zero-order chi connectivity index (χ0) is 21.1. The molecule has 2 aromatic carbocycles. The van der Waals surface area contributed by atoms with Crippen molar-refractivity contribution in [2.45, 2.75) is 6.92 Å². The molecule has 0 saturated carbocycles. The average molecular weight is 434 g/mol. The first-order valence-corrected chi connectivity index (χ1v) is 9.29. The molecule has 0 bridgehead atoms. The summed E-state index contributed by atoms with van der Waals surface area (Å²) in [7, 11) is 1.40. The van der Waals surface area contributed by atoms with Crippen molar-refractivity contribution >= 4 is 57.4 Å². The van der Waals surface area contributed by atoms with Gasteiger partial charge in [-0.2, -0.15) is 0 Å². The van der Waals surface area contributed by atoms with Crippen LogP contribution in [0.2, 0.25) is 10.0 Å². The minimum absolute atomic E-state index is 0.00974. The summed E-state index contributed by atoms with van der Waals surface area (Å²) in [5.74, 6) is -0.515. The lowest BCUT2D eigenvalue weighted by atomic mass is 10.1. The molecule has 29 heavy (non-hydrogen) atoms. The van der Waals surface area contributed by atoms with Crippen LogP contribution < -0.4 is 21.1 Å². The van der Waals surface area contributed by atoms with Gasteiger partial charge in [-0.1, -0.05) is 29.3 Å². The summed E-state index contributed by atoms with van der Waals surface area (Å²) in [6.07, 6.45) is 1.27. The van der Waals surface area contributed by atoms with Gasteiger partial charge >= 0.3 is 0 Å². The molecule has 2 amide bonds. The number of carbonyl (C=O) groups is 2. The summed E-state index contributed by atoms with van der Waals surface area (Å²) in [5, 5.41) is 5.89. The highest BCUT2D eigenvalue weighted by molar-refractivity contribution is 6.43. The van der Waals surface area contributed by atoms with Crippen molar-refractivity contribution in [1.29, 1.82) is 0 Å². The standard InChI is InChI=1S/C19H17Cl2N5O3/c1-3-23-18(27)11-7-12(29-2)14(21)16(13(11)20)26-19(28)10-6-4-5-9-15(10)24-8-25-17(9)22/h4-8H,3H2,1-2H3,(H,23,27)(H,26,28)(H2,22,24,25). The second kappa shape index (κ2) is 8.50. The van der Waals surface area contributed by atoms with Crippen molar-refractivity contribution in [3.8, 4) is 5.75 Å². The fraction of sp³-hybridized carbons (Fsp3) is 0.158. The van der Waals surface area contributed by atoms with E-state index in [-0.39, 0.29) is 38.4 Å². The molecule has 4 N–H and O–H groups in total. The van der Waals surface area contributed by atoms with Gasteiger partial charge in [0.2, 0.25) is 0 Å². The van der Waals surface area contributed by atoms with Crippen LogP contribution in [0.15, 0.2) is 30.6 Å². The minimum atomic E-state index is -0.535. The van der Waals surface area contributed by atoms with Gasteiger partial charge in [-0.05, 0) is 25.1 Å². The Labute approximate surface area is 176 Å². The number of fused-ring (bicyclic) bond motifs is 1. The van der Waals surface area contributed by atoms with E-state index in [2.05, 4.69) is 20.6 Å². The number of rotatable bonds is 5. The second-order valence-electron chi connectivity index (χ2n) is 5.90. The van der Waals surface area contributed by atoms with Crippen LogP contribution in [0, 0.1) is 0 Å². The van der Waals surface area contributed by atoms with Gasteiger partial charge in [-0.15, -0.1) is 0 Å². The third kappa shape index (κ3) is 3.90. The molecule has 0 aliphatic carbocycles. The van der Waals surface area contributed by atoms with Gasteiger partial charge in [0.1, 0.15) is 22.9 Å². The summed E-state index contributed by atoms with van der Waals surface area (Å²) in [5.41, 5.74) is 6.65. The molecule has 0 fully saturated rings. The molecule has 0 unspecified atom stereocenters. The maximum absolute atomic E-state index is 13.0. The van der Waals surface area contributed by atoms with Gasteiger partial charge in [0.15, 0.2) is 0 Å². The first kappa shape index (κ1) is 20.6. The number of hydrogen-bond donors (Lipinski definition) is 3. The molecule has 1 aromatic heterocycles. The van der Waals surface area contributed by atoms with E-state index < -0.39 is 11.8 Å². The number of ether oxygens (including phenoxy) is 1. The zero-order valence-electron chi connectivity index (χ0n) is 15.5. The van der Waals surface area contributed by atoms with E-state index in [1.807, 2.05) is 0 Å². The number of anilines is 2. The second-order valence-corrected chi connectivity index (χ2v) is 6.66. The highest BCUT2D eigenvalue weighted by Gasteiger charge is 2.23. The van der Waals surface area contributed by atoms with E-state index in [4.69, 9.17) is 33.7 Å². The van der Waals surface area contributed by atoms with Crippen LogP contribution in [0.25, 0.3) is 10.9 Å². The number of methoxy groups -OCH3 is 1. The molecule has 0 spiro atoms. The molecule has 3 aromatic rings. The number of nitrogens with two attached hydrogens (primary N) is 1. The maximum Gasteiger partial charge on any atom is 0.257 e. The van der Waals surface area contributed by atoms with Crippen molar-refractivity contribution in [3.63, 3.8) is 0 Å². The fourth-order valence-corrected chi connectivity index (χ4v) is 3.37. The van der Waals surface area contributed by atoms with Gasteiger partial charge in [-0.25, -0.2) is 9.97 Å². The predicted molar refractivity (Wildman–Crippen MR) is 113 cm³/mol. The molecule has 0 aliphatic rings. The molecule has 0 aliphatic heterocycles. The normalized spacial score (nSPS) is 10.6. The molecule has 0 atom stereocenters. The third-order valence-electron chi connectivity index (χ3n) is 4.15. The summed E-state index contributed by atoms with van der Waals surface area (Å²) in [6, 6.07) is 6.36. The number of aromatic nitrogens is 2. The van der Waals surface area contributed by atoms with Crippen molar-refractivity contribution in [2.75, 3.05) is 24.7 Å². The lowest BCUT2D eigenvalue weighted by Crippen LogP contribution is -2.24. The number of para-hydroxylation sites is 1. The van der Waals surface area contributed by atoms with E-state index in [0.29, 0.717) is 17.4 Å². The lowest BCUT2D eigenvalue weighted by molar-refractivity contribution is 0.0954. The number of hydrogen-bond acceptors (Lipinski definition) is 6. The highest BCUT2D eigenvalue weighted by atomic mass is 35.5. The Morgan fingerprint density at radius 2 is 1.90 bits per heavy atom. The Hall–Kier alpha value is -3.10. The van der Waals surface area contributed by atoms with Gasteiger partial charge in [0.05, 0.1) is 34.5 Å². The number of amides is 2. The van der Waals surface area contributed by atoms with E-state index >= 15 is 0 Å². The van der Waals surface area contributed by atoms with Crippen molar-refractivity contribution in [3.05, 3.63) is 51.8 Å². The van der Waals surface area contributed by atoms with Crippen LogP contribution in [0.4, 0.5) is 11.5 Å². The largest absolute Gasteiger partial charge is 0.495 e. The first-order valence-electron chi connectivity index (χ1n) is 8.53. The Morgan fingerprint density at radius 1 is 1.14 bits per heavy atom. The fourth-order valence-electron chi connectivity index (χ4n) is 2.76. The molecule has 0 radical (unpaired) electrons. The van der Waals surface area contributed by atoms with Crippen LogP contribution in [0.1, 0.15) is 27.6 Å². The Balaban J connectivity index is 2.08. The SMILES string of the molecule is CCNC(=O)c1cc(OC)c(Cl)c(NC(=O)c2cccc3c(N)ncnc23)c1Cl. The summed E-state index contributed by atoms with van der Waals surface area (Å²) < 4.78 is 5.22. The molecule has 10 heteroatoms. The Morgan fingerprint density at radius 3 is 2.59 bits per heavy atom. The maximum atomic E-state index is 13.0. The topological polar surface area (TPSA) is 119 Å². The van der Waals surface area contributed by atoms with Crippen LogP contribution >= 0.6 is 23.2 Å². The molecule has 8 nitrogen and oxygen atoms in total. The first-order chi connectivity index (χ1) is 13.9. The third-order valence-corrected chi connectivity index (χ3v) is 4.92. The van der Waals surface area contributed by atoms with Crippen molar-refractivity contribution in [1.82, 2.24) is 15.3 Å². The number of benzene rings is 2. The number of nitrogens with one attached hydrogen (secondary N) is 2. The van der Waals surface area contributed by atoms with Crippen LogP contribution in [-0.2, 0) is 0 Å². The molecule has 3 rings (SSSR count). The highest BCUT2D eigenvalue weighted by Crippen LogP contribution is 2.41. The number of halogens is 2. The number of carbonyl (C=O) groups excluding carboxylic acids is 2. The van der Waals surface area contributed by atoms with Crippen LogP contribution in [0.3, 0.4) is 0 Å². The smallest absolute Gasteiger partial charge is 0.257 e. The summed E-state index contributed by atoms with van der Waals surface area (Å²) in [4.78, 5) is 33.4. The van der Waals surface area contributed by atoms with E-state index in [0.717, 1.165) is 0 Å². The Kier molecular flexibility index (Phi) is 6.05. The monoisotopic (exact) mass is 433 g/mol. The average Bonchev–Trinajstić information content (AvgIpc) is 2.71. The molecular formula is C19H17Cl2N5O3. The summed E-state index contributed by atoms with van der Waals surface area (Å²) in [6.45, 7) is 2.18. The predicted octanol–water partition coefficient (Wildman–Crippen LogP) is 3.53. The molecule has 1 heterocycles. The molecule has 150 valence electrons. The summed E-state index contributed by atoms with van der Waals surface area (Å²) >= 11 is 12.7. The quantitative estimate of drug-likeness (QED) is 0.565. The minimum Gasteiger partial charge on any atom is -0.495 e. The number of nitrogens with zero attached hydrogens (tertiary/aromatic N) is 2. The Bertz CT molecular complexity index is 1120. The van der Waals surface area contributed by atoms with E-state index in [1.165, 1.54) is 19.5 Å². The van der Waals surface area contributed by atoms with E-state index in [1.54, 1.807) is 25.1 Å². The van der Waals surface area contributed by atoms with Crippen molar-refractivity contribution in [2.24, 2.45) is 0 Å². The van der Waals surface area contributed by atoms with Crippen molar-refractivity contribution < 1.29 is 14.3 Å². The van der Waals surface area contributed by atoms with E-state index in [9.17, 15) is 9.59 Å². The zero-order valence-corrected chi connectivity index (χ0v) is 17.1. The van der Waals surface area contributed by atoms with Crippen LogP contribution in [-0.4, -0.2) is 35.4 Å². The van der Waals surface area contributed by atoms with Gasteiger partial charge in [0, 0.05) is 11.9 Å². The molecular weight excluding hydrogens is 417 g/mol. The number of nitrogen functional groups attached to an aromatic ring is 1.